The third-order valence-electron chi connectivity index (χ3n) is 2.84. The van der Waals surface area contributed by atoms with E-state index in [9.17, 15) is 15.3 Å². The predicted molar refractivity (Wildman–Crippen MR) is 46.0 cm³/mol. The summed E-state index contributed by atoms with van der Waals surface area (Å²) in [5.74, 6) is 0. The topological polar surface area (TPSA) is 76.0 Å². The van der Waals surface area contributed by atoms with Gasteiger partial charge in [-0.05, 0) is 6.42 Å². The van der Waals surface area contributed by atoms with Crippen LogP contribution in [0.1, 0.15) is 6.42 Å². The Morgan fingerprint density at radius 3 is 2.46 bits per heavy atom. The molecule has 0 aromatic carbocycles. The fourth-order valence-electron chi connectivity index (χ4n) is 2.06. The monoisotopic (exact) mass is 188 g/mol. The van der Waals surface area contributed by atoms with Gasteiger partial charge in [0.05, 0.1) is 18.4 Å². The summed E-state index contributed by atoms with van der Waals surface area (Å²) in [6, 6.07) is 0. The molecule has 0 aromatic rings. The molecule has 0 radical (unpaired) electrons. The van der Waals surface area contributed by atoms with Crippen LogP contribution >= 0.6 is 0 Å². The molecule has 0 aliphatic carbocycles. The van der Waals surface area contributed by atoms with Gasteiger partial charge in [-0.2, -0.15) is 0 Å². The highest BCUT2D eigenvalue weighted by atomic mass is 16.3. The van der Waals surface area contributed by atoms with Crippen LogP contribution in [0.3, 0.4) is 0 Å². The van der Waals surface area contributed by atoms with E-state index in [-0.39, 0.29) is 12.3 Å². The quantitative estimate of drug-likeness (QED) is 0.372. The minimum absolute atomic E-state index is 0.188. The molecule has 2 rings (SSSR count). The minimum Gasteiger partial charge on any atom is -0.392 e. The first-order valence-corrected chi connectivity index (χ1v) is 4.70. The lowest BCUT2D eigenvalue weighted by molar-refractivity contribution is 0.00244. The summed E-state index contributed by atoms with van der Waals surface area (Å²) in [5, 5.41) is 31.2. The van der Waals surface area contributed by atoms with Gasteiger partial charge in [0, 0.05) is 19.6 Å². The average molecular weight is 188 g/mol. The van der Waals surface area contributed by atoms with Gasteiger partial charge in [-0.15, -0.1) is 0 Å². The van der Waals surface area contributed by atoms with Crippen molar-refractivity contribution in [1.29, 1.82) is 0 Å². The first-order valence-electron chi connectivity index (χ1n) is 4.70. The van der Waals surface area contributed by atoms with Crippen molar-refractivity contribution in [3.8, 4) is 0 Å². The van der Waals surface area contributed by atoms with E-state index in [2.05, 4.69) is 5.32 Å². The maximum absolute atomic E-state index is 9.57. The molecule has 2 fully saturated rings. The van der Waals surface area contributed by atoms with Gasteiger partial charge in [-0.3, -0.25) is 10.2 Å². The molecule has 5 heteroatoms. The van der Waals surface area contributed by atoms with E-state index in [0.717, 1.165) is 13.0 Å². The zero-order valence-electron chi connectivity index (χ0n) is 7.43. The molecule has 0 aromatic heterocycles. The van der Waals surface area contributed by atoms with Crippen LogP contribution in [0.2, 0.25) is 0 Å². The Labute approximate surface area is 77.0 Å². The van der Waals surface area contributed by atoms with Gasteiger partial charge in [0.15, 0.2) is 0 Å². The molecule has 2 heterocycles. The number of nitrogens with one attached hydrogen (secondary N) is 1. The molecular formula is C8H16N2O3. The van der Waals surface area contributed by atoms with Crippen LogP contribution in [0.15, 0.2) is 0 Å². The molecule has 2 aliphatic rings. The molecule has 0 saturated carbocycles. The van der Waals surface area contributed by atoms with Crippen LogP contribution < -0.4 is 5.32 Å². The fourth-order valence-corrected chi connectivity index (χ4v) is 2.06. The number of aliphatic hydroxyl groups excluding tert-OH is 3. The molecule has 2 saturated heterocycles. The van der Waals surface area contributed by atoms with Crippen molar-refractivity contribution in [2.45, 2.75) is 30.9 Å². The largest absolute Gasteiger partial charge is 0.392 e. The van der Waals surface area contributed by atoms with Crippen LogP contribution in [-0.4, -0.2) is 64.3 Å². The third kappa shape index (κ3) is 1.70. The molecule has 5 nitrogen and oxygen atoms in total. The van der Waals surface area contributed by atoms with Crippen LogP contribution in [0, 0.1) is 0 Å². The predicted octanol–water partition coefficient (Wildman–Crippen LogP) is -2.30. The second-order valence-corrected chi connectivity index (χ2v) is 3.85. The summed E-state index contributed by atoms with van der Waals surface area (Å²) in [5.41, 5.74) is 0. The first-order chi connectivity index (χ1) is 6.18. The SMILES string of the molecule is OC1CCN(C2NCC(O)C2O)C1. The lowest BCUT2D eigenvalue weighted by Crippen LogP contribution is -2.47. The minimum atomic E-state index is -0.731. The van der Waals surface area contributed by atoms with E-state index >= 15 is 0 Å². The zero-order chi connectivity index (χ0) is 9.42. The summed E-state index contributed by atoms with van der Waals surface area (Å²) >= 11 is 0. The Bertz CT molecular complexity index is 190. The smallest absolute Gasteiger partial charge is 0.110 e. The van der Waals surface area contributed by atoms with Crippen molar-refractivity contribution in [1.82, 2.24) is 10.2 Å². The zero-order valence-corrected chi connectivity index (χ0v) is 7.43. The number of β-amino-alcohol motifs (C(OH)–C–C–N with tert-alkyl or cyclic N) is 2. The summed E-state index contributed by atoms with van der Waals surface area (Å²) in [7, 11) is 0. The van der Waals surface area contributed by atoms with Crippen LogP contribution in [0.5, 0.6) is 0 Å². The van der Waals surface area contributed by atoms with Crippen molar-refractivity contribution in [3.63, 3.8) is 0 Å². The van der Waals surface area contributed by atoms with Crippen molar-refractivity contribution in [2.24, 2.45) is 0 Å². The van der Waals surface area contributed by atoms with Gasteiger partial charge in [-0.25, -0.2) is 0 Å². The molecular weight excluding hydrogens is 172 g/mol. The van der Waals surface area contributed by atoms with Crippen LogP contribution in [0.25, 0.3) is 0 Å². The standard InChI is InChI=1S/C8H16N2O3/c11-5-1-2-10(4-5)8-7(13)6(12)3-9-8/h5-9,11-13H,1-4H2. The van der Waals surface area contributed by atoms with Gasteiger partial charge in [0.1, 0.15) is 6.10 Å². The van der Waals surface area contributed by atoms with Crippen LogP contribution in [0.4, 0.5) is 0 Å². The van der Waals surface area contributed by atoms with E-state index < -0.39 is 12.2 Å². The molecule has 13 heavy (non-hydrogen) atoms. The summed E-state index contributed by atoms with van der Waals surface area (Å²) < 4.78 is 0. The van der Waals surface area contributed by atoms with Gasteiger partial charge < -0.3 is 15.3 Å². The number of rotatable bonds is 1. The Balaban J connectivity index is 1.94. The first kappa shape index (κ1) is 9.36. The molecule has 0 amide bonds. The van der Waals surface area contributed by atoms with Crippen molar-refractivity contribution in [3.05, 3.63) is 0 Å². The highest BCUT2D eigenvalue weighted by Gasteiger charge is 2.39. The maximum Gasteiger partial charge on any atom is 0.110 e. The molecule has 2 aliphatic heterocycles. The number of hydrogen-bond acceptors (Lipinski definition) is 5. The molecule has 4 atom stereocenters. The number of nitrogens with zero attached hydrogens (tertiary/aromatic N) is 1. The second-order valence-electron chi connectivity index (χ2n) is 3.85. The second kappa shape index (κ2) is 3.51. The summed E-state index contributed by atoms with van der Waals surface area (Å²) in [4.78, 5) is 1.98. The van der Waals surface area contributed by atoms with Gasteiger partial charge in [0.25, 0.3) is 0 Å². The lowest BCUT2D eigenvalue weighted by atomic mass is 10.2. The maximum atomic E-state index is 9.57. The molecule has 0 spiro atoms. The van der Waals surface area contributed by atoms with Gasteiger partial charge in [0.2, 0.25) is 0 Å². The van der Waals surface area contributed by atoms with Gasteiger partial charge >= 0.3 is 0 Å². The summed E-state index contributed by atoms with van der Waals surface area (Å²) in [6.07, 6.45) is -1.13. The number of likely N-dealkylation sites (tertiary alicyclic amines) is 1. The fraction of sp³-hybridized carbons (Fsp3) is 1.00. The van der Waals surface area contributed by atoms with E-state index in [1.165, 1.54) is 0 Å². The highest BCUT2D eigenvalue weighted by molar-refractivity contribution is 4.93. The van der Waals surface area contributed by atoms with Gasteiger partial charge in [-0.1, -0.05) is 0 Å². The van der Waals surface area contributed by atoms with E-state index in [1.54, 1.807) is 0 Å². The molecule has 76 valence electrons. The Kier molecular flexibility index (Phi) is 2.53. The number of hydrogen-bond donors (Lipinski definition) is 4. The van der Waals surface area contributed by atoms with E-state index in [1.807, 2.05) is 4.90 Å². The van der Waals surface area contributed by atoms with E-state index in [4.69, 9.17) is 0 Å². The van der Waals surface area contributed by atoms with Crippen molar-refractivity contribution < 1.29 is 15.3 Å². The summed E-state index contributed by atoms with van der Waals surface area (Å²) in [6.45, 7) is 1.79. The Morgan fingerprint density at radius 1 is 1.23 bits per heavy atom. The van der Waals surface area contributed by atoms with Crippen molar-refractivity contribution in [2.75, 3.05) is 19.6 Å². The number of aliphatic hydroxyl groups is 3. The normalized spacial score (nSPS) is 47.3. The highest BCUT2D eigenvalue weighted by Crippen LogP contribution is 2.18. The Hall–Kier alpha value is -0.200. The third-order valence-corrected chi connectivity index (χ3v) is 2.84. The lowest BCUT2D eigenvalue weighted by Gasteiger charge is -2.26. The van der Waals surface area contributed by atoms with E-state index in [0.29, 0.717) is 13.1 Å². The molecule has 4 unspecified atom stereocenters. The Morgan fingerprint density at radius 2 is 2.00 bits per heavy atom. The van der Waals surface area contributed by atoms with Crippen LogP contribution in [-0.2, 0) is 0 Å². The van der Waals surface area contributed by atoms with Crippen molar-refractivity contribution >= 4 is 0 Å². The molecule has 0 bridgehead atoms. The average Bonchev–Trinajstić information content (AvgIpc) is 2.62. The molecule has 4 N–H and O–H groups in total.